The maximum absolute atomic E-state index is 12.6. The van der Waals surface area contributed by atoms with E-state index in [4.69, 9.17) is 10.5 Å². The van der Waals surface area contributed by atoms with Gasteiger partial charge < -0.3 is 20.7 Å². The lowest BCUT2D eigenvalue weighted by molar-refractivity contribution is 0.0749. The lowest BCUT2D eigenvalue weighted by atomic mass is 9.98. The third-order valence-corrected chi connectivity index (χ3v) is 5.00. The summed E-state index contributed by atoms with van der Waals surface area (Å²) in [7, 11) is 0. The summed E-state index contributed by atoms with van der Waals surface area (Å²) in [4.78, 5) is 42.0. The van der Waals surface area contributed by atoms with E-state index >= 15 is 0 Å². The van der Waals surface area contributed by atoms with Gasteiger partial charge in [0.1, 0.15) is 5.84 Å². The Kier molecular flexibility index (Phi) is 7.02. The second kappa shape index (κ2) is 9.88. The van der Waals surface area contributed by atoms with Crippen LogP contribution in [-0.2, 0) is 11.2 Å². The van der Waals surface area contributed by atoms with Gasteiger partial charge in [-0.05, 0) is 55.7 Å². The summed E-state index contributed by atoms with van der Waals surface area (Å²) < 4.78 is 4.88. The number of hydrogen-bond acceptors (Lipinski definition) is 4. The molecule has 0 bridgehead atoms. The lowest BCUT2D eigenvalue weighted by Crippen LogP contribution is -2.37. The summed E-state index contributed by atoms with van der Waals surface area (Å²) >= 11 is 0. The Balaban J connectivity index is 1.67. The van der Waals surface area contributed by atoms with Crippen molar-refractivity contribution in [2.75, 3.05) is 25.0 Å². The fourth-order valence-corrected chi connectivity index (χ4v) is 3.30. The normalized spacial score (nSPS) is 13.5. The molecule has 0 fully saturated rings. The zero-order valence-corrected chi connectivity index (χ0v) is 17.7. The van der Waals surface area contributed by atoms with E-state index in [2.05, 4.69) is 10.3 Å². The van der Waals surface area contributed by atoms with E-state index in [-0.39, 0.29) is 24.3 Å². The number of amides is 3. The van der Waals surface area contributed by atoms with Gasteiger partial charge >= 0.3 is 6.09 Å². The number of likely N-dealkylation sites (N-methyl/N-ethyl adjacent to an activating group) is 1. The monoisotopic (exact) mass is 422 g/mol. The average Bonchev–Trinajstić information content (AvgIpc) is 2.78. The van der Waals surface area contributed by atoms with Crippen LogP contribution in [0.4, 0.5) is 10.5 Å². The van der Waals surface area contributed by atoms with E-state index in [0.717, 1.165) is 12.0 Å². The Hall–Kier alpha value is -3.68. The van der Waals surface area contributed by atoms with Crippen LogP contribution >= 0.6 is 0 Å². The maximum atomic E-state index is 12.6. The molecule has 1 heterocycles. The molecule has 8 nitrogen and oxygen atoms in total. The van der Waals surface area contributed by atoms with Crippen LogP contribution in [0.25, 0.3) is 0 Å². The Labute approximate surface area is 181 Å². The Morgan fingerprint density at radius 2 is 1.84 bits per heavy atom. The molecule has 0 unspecified atom stereocenters. The predicted octanol–water partition coefficient (Wildman–Crippen LogP) is 3.21. The topological polar surface area (TPSA) is 114 Å². The zero-order chi connectivity index (χ0) is 22.4. The summed E-state index contributed by atoms with van der Waals surface area (Å²) in [6.07, 6.45) is 0.712. The van der Waals surface area contributed by atoms with Crippen molar-refractivity contribution in [2.24, 2.45) is 10.7 Å². The van der Waals surface area contributed by atoms with Crippen LogP contribution in [0.15, 0.2) is 47.5 Å². The van der Waals surface area contributed by atoms with Gasteiger partial charge in [0.25, 0.3) is 11.8 Å². The zero-order valence-electron chi connectivity index (χ0n) is 17.7. The van der Waals surface area contributed by atoms with Crippen molar-refractivity contribution in [1.29, 1.82) is 0 Å². The highest BCUT2D eigenvalue weighted by molar-refractivity contribution is 6.07. The number of carbonyl (C=O) groups is 3. The number of amidine groups is 1. The first-order valence-electron chi connectivity index (χ1n) is 10.3. The molecule has 2 aromatic rings. The summed E-state index contributed by atoms with van der Waals surface area (Å²) in [5.41, 5.74) is 9.01. The number of nitrogens with zero attached hydrogens (tertiary/aromatic N) is 2. The molecule has 3 N–H and O–H groups in total. The minimum Gasteiger partial charge on any atom is -0.448 e. The van der Waals surface area contributed by atoms with Crippen molar-refractivity contribution in [3.63, 3.8) is 0 Å². The van der Waals surface area contributed by atoms with Gasteiger partial charge in [-0.25, -0.2) is 4.79 Å². The Morgan fingerprint density at radius 1 is 1.13 bits per heavy atom. The third kappa shape index (κ3) is 5.28. The number of carbonyl (C=O) groups excluding carboxylic acids is 3. The molecule has 0 aliphatic carbocycles. The van der Waals surface area contributed by atoms with E-state index < -0.39 is 6.09 Å². The number of nitrogens with two attached hydrogens (primary N) is 1. The average molecular weight is 422 g/mol. The van der Waals surface area contributed by atoms with Gasteiger partial charge in [-0.1, -0.05) is 19.1 Å². The quantitative estimate of drug-likeness (QED) is 0.548. The second-order valence-electron chi connectivity index (χ2n) is 7.15. The smallest absolute Gasteiger partial charge is 0.435 e. The highest BCUT2D eigenvalue weighted by Gasteiger charge is 2.23. The summed E-state index contributed by atoms with van der Waals surface area (Å²) in [6.45, 7) is 5.48. The second-order valence-corrected chi connectivity index (χ2v) is 7.15. The van der Waals surface area contributed by atoms with E-state index in [1.54, 1.807) is 41.3 Å². The van der Waals surface area contributed by atoms with Crippen LogP contribution in [0, 0.1) is 0 Å². The fourth-order valence-electron chi connectivity index (χ4n) is 3.30. The Morgan fingerprint density at radius 3 is 2.52 bits per heavy atom. The molecule has 0 radical (unpaired) electrons. The van der Waals surface area contributed by atoms with Crippen molar-refractivity contribution in [3.05, 3.63) is 64.7 Å². The molecule has 1 aliphatic heterocycles. The van der Waals surface area contributed by atoms with Crippen molar-refractivity contribution in [2.45, 2.75) is 26.7 Å². The standard InChI is InChI=1S/C23H26N4O4/c1-3-13-31-23(30)26-20(24)15-5-7-16(8-6-15)21(28)25-18-9-10-19-17(14-18)11-12-27(4-2)22(19)29/h5-10,14H,3-4,11-13H2,1-2H3,(H,25,28)(H2,24,26,30). The van der Waals surface area contributed by atoms with Crippen LogP contribution in [0.2, 0.25) is 0 Å². The van der Waals surface area contributed by atoms with E-state index in [0.29, 0.717) is 41.9 Å². The van der Waals surface area contributed by atoms with Crippen molar-refractivity contribution in [1.82, 2.24) is 4.90 Å². The van der Waals surface area contributed by atoms with Gasteiger partial charge in [-0.3, -0.25) is 9.59 Å². The first kappa shape index (κ1) is 22.0. The van der Waals surface area contributed by atoms with Crippen molar-refractivity contribution in [3.8, 4) is 0 Å². The minimum absolute atomic E-state index is 0.0218. The van der Waals surface area contributed by atoms with Gasteiger partial charge in [0, 0.05) is 35.5 Å². The SMILES string of the molecule is CCCOC(=O)N=C(N)c1ccc(C(=O)Nc2ccc3c(c2)CCN(CC)C3=O)cc1. The number of nitrogens with one attached hydrogen (secondary N) is 1. The highest BCUT2D eigenvalue weighted by Crippen LogP contribution is 2.23. The van der Waals surface area contributed by atoms with Gasteiger partial charge in [0.15, 0.2) is 0 Å². The molecule has 0 saturated heterocycles. The lowest BCUT2D eigenvalue weighted by Gasteiger charge is -2.27. The van der Waals surface area contributed by atoms with Crippen LogP contribution in [-0.4, -0.2) is 48.3 Å². The van der Waals surface area contributed by atoms with Gasteiger partial charge in [0.05, 0.1) is 6.61 Å². The van der Waals surface area contributed by atoms with E-state index in [9.17, 15) is 14.4 Å². The molecule has 0 aromatic heterocycles. The largest absolute Gasteiger partial charge is 0.448 e. The molecule has 8 heteroatoms. The molecule has 2 aromatic carbocycles. The first-order chi connectivity index (χ1) is 14.9. The maximum Gasteiger partial charge on any atom is 0.435 e. The molecule has 31 heavy (non-hydrogen) atoms. The van der Waals surface area contributed by atoms with Crippen LogP contribution < -0.4 is 11.1 Å². The van der Waals surface area contributed by atoms with Crippen molar-refractivity contribution >= 4 is 29.4 Å². The number of ether oxygens (including phenoxy) is 1. The molecule has 3 amide bonds. The van der Waals surface area contributed by atoms with E-state index in [1.807, 2.05) is 19.9 Å². The Bertz CT molecular complexity index is 1010. The third-order valence-electron chi connectivity index (χ3n) is 5.00. The molecule has 3 rings (SSSR count). The van der Waals surface area contributed by atoms with E-state index in [1.165, 1.54) is 0 Å². The van der Waals surface area contributed by atoms with Gasteiger partial charge in [-0.2, -0.15) is 4.99 Å². The predicted molar refractivity (Wildman–Crippen MR) is 118 cm³/mol. The number of hydrogen-bond donors (Lipinski definition) is 2. The summed E-state index contributed by atoms with van der Waals surface area (Å²) in [6, 6.07) is 11.8. The van der Waals surface area contributed by atoms with Crippen LogP contribution in [0.1, 0.15) is 52.1 Å². The molecular formula is C23H26N4O4. The van der Waals surface area contributed by atoms with Crippen LogP contribution in [0.3, 0.4) is 0 Å². The summed E-state index contributed by atoms with van der Waals surface area (Å²) in [5.74, 6) is -0.245. The molecular weight excluding hydrogens is 396 g/mol. The fraction of sp³-hybridized carbons (Fsp3) is 0.304. The van der Waals surface area contributed by atoms with Crippen LogP contribution in [0.5, 0.6) is 0 Å². The molecule has 162 valence electrons. The summed E-state index contributed by atoms with van der Waals surface area (Å²) in [5, 5.41) is 2.85. The van der Waals surface area contributed by atoms with Gasteiger partial charge in [-0.15, -0.1) is 0 Å². The number of fused-ring (bicyclic) bond motifs is 1. The van der Waals surface area contributed by atoms with Crippen molar-refractivity contribution < 1.29 is 19.1 Å². The highest BCUT2D eigenvalue weighted by atomic mass is 16.5. The minimum atomic E-state index is -0.742. The number of rotatable bonds is 6. The molecule has 0 saturated carbocycles. The number of aliphatic imine (C=N–C) groups is 1. The molecule has 1 aliphatic rings. The first-order valence-corrected chi connectivity index (χ1v) is 10.3. The van der Waals surface area contributed by atoms with Gasteiger partial charge in [0.2, 0.25) is 0 Å². The number of anilines is 1. The number of benzene rings is 2. The molecule has 0 atom stereocenters. The molecule has 0 spiro atoms.